The molecule has 0 aliphatic heterocycles. The molecule has 0 amide bonds. The summed E-state index contributed by atoms with van der Waals surface area (Å²) in [5.41, 5.74) is 6.75. The molecule has 1 heterocycles. The van der Waals surface area contributed by atoms with E-state index in [1.807, 2.05) is 0 Å². The molecule has 8 heteroatoms. The minimum absolute atomic E-state index is 0.0210. The number of nitrogen functional groups attached to an aromatic ring is 1. The molecule has 1 aromatic carbocycles. The van der Waals surface area contributed by atoms with Gasteiger partial charge in [0.2, 0.25) is 0 Å². The fourth-order valence-electron chi connectivity index (χ4n) is 1.82. The fourth-order valence-corrected chi connectivity index (χ4v) is 2.91. The van der Waals surface area contributed by atoms with Crippen LogP contribution in [0.15, 0.2) is 28.9 Å². The van der Waals surface area contributed by atoms with Gasteiger partial charge in [0.25, 0.3) is 0 Å². The first-order valence-corrected chi connectivity index (χ1v) is 8.92. The molecule has 0 aliphatic carbocycles. The molecule has 2 N–H and O–H groups in total. The first kappa shape index (κ1) is 16.0. The van der Waals surface area contributed by atoms with Gasteiger partial charge in [0, 0.05) is 22.0 Å². The van der Waals surface area contributed by atoms with Gasteiger partial charge < -0.3 is 5.73 Å². The Morgan fingerprint density at radius 2 is 2.14 bits per heavy atom. The third kappa shape index (κ3) is 3.82. The number of aryl methyl sites for hydroxylation is 1. The number of nitrogens with two attached hydrogens (primary N) is 1. The van der Waals surface area contributed by atoms with E-state index < -0.39 is 15.7 Å². The highest BCUT2D eigenvalue weighted by molar-refractivity contribution is 9.10. The van der Waals surface area contributed by atoms with Crippen LogP contribution in [0.4, 0.5) is 10.1 Å². The maximum absolute atomic E-state index is 13.9. The Morgan fingerprint density at radius 3 is 2.76 bits per heavy atom. The molecule has 1 aromatic heterocycles. The molecule has 0 fully saturated rings. The molecule has 21 heavy (non-hydrogen) atoms. The lowest BCUT2D eigenvalue weighted by Gasteiger charge is -2.02. The average Bonchev–Trinajstić information content (AvgIpc) is 2.78. The SMILES string of the molecule is CCS(=O)(=O)CCn1cc(N)c(-c2ccc(Br)cc2F)n1. The standard InChI is InChI=1S/C13H15BrFN3O2S/c1-2-21(19,20)6-5-18-8-12(16)13(17-18)10-4-3-9(14)7-11(10)15/h3-4,7-8H,2,5-6,16H2,1H3. The predicted octanol–water partition coefficient (Wildman–Crippen LogP) is 2.47. The zero-order valence-electron chi connectivity index (χ0n) is 11.4. The van der Waals surface area contributed by atoms with Gasteiger partial charge in [-0.15, -0.1) is 0 Å². The third-order valence-corrected chi connectivity index (χ3v) is 5.22. The van der Waals surface area contributed by atoms with Gasteiger partial charge in [-0.2, -0.15) is 5.10 Å². The van der Waals surface area contributed by atoms with Crippen LogP contribution in [0.1, 0.15) is 6.92 Å². The largest absolute Gasteiger partial charge is 0.396 e. The van der Waals surface area contributed by atoms with Crippen molar-refractivity contribution in [2.75, 3.05) is 17.2 Å². The number of hydrogen-bond acceptors (Lipinski definition) is 4. The minimum Gasteiger partial charge on any atom is -0.396 e. The molecule has 0 radical (unpaired) electrons. The Hall–Kier alpha value is -1.41. The summed E-state index contributed by atoms with van der Waals surface area (Å²) in [5.74, 6) is -0.382. The number of rotatable bonds is 5. The summed E-state index contributed by atoms with van der Waals surface area (Å²) >= 11 is 3.18. The van der Waals surface area contributed by atoms with E-state index in [1.165, 1.54) is 16.9 Å². The second-order valence-electron chi connectivity index (χ2n) is 4.56. The smallest absolute Gasteiger partial charge is 0.151 e. The van der Waals surface area contributed by atoms with Crippen molar-refractivity contribution in [2.24, 2.45) is 0 Å². The molecule has 0 saturated heterocycles. The lowest BCUT2D eigenvalue weighted by atomic mass is 10.1. The van der Waals surface area contributed by atoms with Crippen molar-refractivity contribution in [2.45, 2.75) is 13.5 Å². The van der Waals surface area contributed by atoms with Gasteiger partial charge in [-0.3, -0.25) is 4.68 Å². The zero-order chi connectivity index (χ0) is 15.6. The Bertz CT molecular complexity index is 759. The minimum atomic E-state index is -3.08. The van der Waals surface area contributed by atoms with Crippen LogP contribution in [0.5, 0.6) is 0 Å². The van der Waals surface area contributed by atoms with Crippen molar-refractivity contribution in [3.05, 3.63) is 34.7 Å². The highest BCUT2D eigenvalue weighted by Gasteiger charge is 2.14. The molecule has 0 unspecified atom stereocenters. The first-order valence-electron chi connectivity index (χ1n) is 6.31. The number of halogens is 2. The molecule has 0 atom stereocenters. The van der Waals surface area contributed by atoms with Crippen LogP contribution >= 0.6 is 15.9 Å². The number of aromatic nitrogens is 2. The van der Waals surface area contributed by atoms with E-state index in [9.17, 15) is 12.8 Å². The van der Waals surface area contributed by atoms with Gasteiger partial charge in [-0.05, 0) is 18.2 Å². The normalized spacial score (nSPS) is 11.8. The Kier molecular flexibility index (Phi) is 4.67. The van der Waals surface area contributed by atoms with Gasteiger partial charge >= 0.3 is 0 Å². The number of hydrogen-bond donors (Lipinski definition) is 1. The zero-order valence-corrected chi connectivity index (χ0v) is 13.8. The molecule has 2 rings (SSSR count). The van der Waals surface area contributed by atoms with Crippen LogP contribution in [0.25, 0.3) is 11.3 Å². The van der Waals surface area contributed by atoms with Crippen molar-refractivity contribution in [1.82, 2.24) is 9.78 Å². The second kappa shape index (κ2) is 6.15. The summed E-state index contributed by atoms with van der Waals surface area (Å²) in [5, 5.41) is 4.18. The van der Waals surface area contributed by atoms with Crippen LogP contribution in [-0.2, 0) is 16.4 Å². The summed E-state index contributed by atoms with van der Waals surface area (Å²) in [6, 6.07) is 4.60. The lowest BCUT2D eigenvalue weighted by Crippen LogP contribution is -2.14. The molecule has 0 spiro atoms. The van der Waals surface area contributed by atoms with E-state index in [0.29, 0.717) is 15.9 Å². The summed E-state index contributed by atoms with van der Waals surface area (Å²) in [7, 11) is -3.08. The maximum atomic E-state index is 13.9. The van der Waals surface area contributed by atoms with Crippen LogP contribution in [0.2, 0.25) is 0 Å². The number of anilines is 1. The molecule has 0 bridgehead atoms. The van der Waals surface area contributed by atoms with Crippen molar-refractivity contribution in [3.8, 4) is 11.3 Å². The number of benzene rings is 1. The highest BCUT2D eigenvalue weighted by Crippen LogP contribution is 2.28. The lowest BCUT2D eigenvalue weighted by molar-refractivity contribution is 0.581. The molecule has 5 nitrogen and oxygen atoms in total. The molecule has 0 saturated carbocycles. The molecular weight excluding hydrogens is 361 g/mol. The van der Waals surface area contributed by atoms with Gasteiger partial charge in [0.1, 0.15) is 11.5 Å². The van der Waals surface area contributed by atoms with E-state index in [0.717, 1.165) is 0 Å². The van der Waals surface area contributed by atoms with Gasteiger partial charge in [0.15, 0.2) is 9.84 Å². The van der Waals surface area contributed by atoms with E-state index in [1.54, 1.807) is 19.1 Å². The molecular formula is C13H15BrFN3O2S. The summed E-state index contributed by atoms with van der Waals surface area (Å²) < 4.78 is 39.0. The molecule has 114 valence electrons. The maximum Gasteiger partial charge on any atom is 0.151 e. The van der Waals surface area contributed by atoms with E-state index in [4.69, 9.17) is 5.73 Å². The van der Waals surface area contributed by atoms with Crippen LogP contribution < -0.4 is 5.73 Å². The molecule has 2 aromatic rings. The van der Waals surface area contributed by atoms with Gasteiger partial charge in [0.05, 0.1) is 18.0 Å². The van der Waals surface area contributed by atoms with Crippen molar-refractivity contribution >= 4 is 31.5 Å². The topological polar surface area (TPSA) is 78.0 Å². The first-order chi connectivity index (χ1) is 9.82. The average molecular weight is 376 g/mol. The Balaban J connectivity index is 2.27. The Labute approximate surface area is 131 Å². The Morgan fingerprint density at radius 1 is 1.43 bits per heavy atom. The van der Waals surface area contributed by atoms with Gasteiger partial charge in [-0.1, -0.05) is 22.9 Å². The fraction of sp³-hybridized carbons (Fsp3) is 0.308. The summed E-state index contributed by atoms with van der Waals surface area (Å²) in [6.07, 6.45) is 1.52. The van der Waals surface area contributed by atoms with E-state index >= 15 is 0 Å². The third-order valence-electron chi connectivity index (χ3n) is 3.05. The van der Waals surface area contributed by atoms with Crippen molar-refractivity contribution < 1.29 is 12.8 Å². The van der Waals surface area contributed by atoms with Crippen LogP contribution in [0.3, 0.4) is 0 Å². The van der Waals surface area contributed by atoms with Crippen molar-refractivity contribution in [3.63, 3.8) is 0 Å². The van der Waals surface area contributed by atoms with Crippen molar-refractivity contribution in [1.29, 1.82) is 0 Å². The summed E-state index contributed by atoms with van der Waals surface area (Å²) in [4.78, 5) is 0. The van der Waals surface area contributed by atoms with Crippen LogP contribution in [-0.4, -0.2) is 29.7 Å². The monoisotopic (exact) mass is 375 g/mol. The van der Waals surface area contributed by atoms with Gasteiger partial charge in [-0.25, -0.2) is 12.8 Å². The molecule has 0 aliphatic rings. The van der Waals surface area contributed by atoms with Crippen LogP contribution in [0, 0.1) is 5.82 Å². The second-order valence-corrected chi connectivity index (χ2v) is 7.95. The number of nitrogens with zero attached hydrogens (tertiary/aromatic N) is 2. The predicted molar refractivity (Wildman–Crippen MR) is 84.1 cm³/mol. The highest BCUT2D eigenvalue weighted by atomic mass is 79.9. The van der Waals surface area contributed by atoms with E-state index in [-0.39, 0.29) is 23.6 Å². The quantitative estimate of drug-likeness (QED) is 0.870. The number of sulfone groups is 1. The van der Waals surface area contributed by atoms with E-state index in [2.05, 4.69) is 21.0 Å². The summed E-state index contributed by atoms with van der Waals surface area (Å²) in [6.45, 7) is 1.79.